The lowest BCUT2D eigenvalue weighted by Crippen LogP contribution is -2.32. The van der Waals surface area contributed by atoms with Gasteiger partial charge in [-0.2, -0.15) is 9.98 Å². The highest BCUT2D eigenvalue weighted by molar-refractivity contribution is 5.77. The minimum Gasteiger partial charge on any atom is -0.361 e. The Hall–Kier alpha value is -1.85. The molecule has 0 spiro atoms. The van der Waals surface area contributed by atoms with Gasteiger partial charge in [-0.15, -0.1) is 0 Å². The van der Waals surface area contributed by atoms with Gasteiger partial charge in [-0.3, -0.25) is 0 Å². The number of hydrogen-bond donors (Lipinski definition) is 0. The van der Waals surface area contributed by atoms with Crippen molar-refractivity contribution >= 4 is 11.8 Å². The van der Waals surface area contributed by atoms with Crippen LogP contribution in [0.1, 0.15) is 0 Å². The van der Waals surface area contributed by atoms with Crippen LogP contribution in [0.25, 0.3) is 0 Å². The fourth-order valence-corrected chi connectivity index (χ4v) is 1.08. The van der Waals surface area contributed by atoms with E-state index in [1.54, 1.807) is 4.90 Å². The molecule has 1 aliphatic heterocycles. The molecule has 0 radical (unpaired) electrons. The van der Waals surface area contributed by atoms with Crippen LogP contribution in [0.15, 0.2) is 16.3 Å². The van der Waals surface area contributed by atoms with E-state index < -0.39 is 6.03 Å². The predicted octanol–water partition coefficient (Wildman–Crippen LogP) is -1.08. The maximum atomic E-state index is 10.9. The van der Waals surface area contributed by atoms with Crippen molar-refractivity contribution in [2.24, 2.45) is 9.98 Å². The first-order chi connectivity index (χ1) is 6.18. The Labute approximate surface area is 73.7 Å². The summed E-state index contributed by atoms with van der Waals surface area (Å²) < 4.78 is 0. The number of amides is 2. The lowest BCUT2D eigenvalue weighted by molar-refractivity contribution is 0.256. The van der Waals surface area contributed by atoms with Crippen molar-refractivity contribution in [3.8, 4) is 0 Å². The molecule has 2 heterocycles. The van der Waals surface area contributed by atoms with Gasteiger partial charge < -0.3 is 4.90 Å². The van der Waals surface area contributed by atoms with Crippen LogP contribution in [-0.2, 0) is 0 Å². The topological polar surface area (TPSA) is 70.8 Å². The zero-order chi connectivity index (χ0) is 9.42. The maximum absolute atomic E-state index is 10.9. The van der Waals surface area contributed by atoms with E-state index in [-0.39, 0.29) is 0 Å². The zero-order valence-electron chi connectivity index (χ0n) is 7.22. The van der Waals surface area contributed by atoms with Gasteiger partial charge in [0.25, 0.3) is 0 Å². The van der Waals surface area contributed by atoms with Crippen molar-refractivity contribution in [3.63, 3.8) is 0 Å². The van der Waals surface area contributed by atoms with E-state index in [2.05, 4.69) is 20.0 Å². The quantitative estimate of drug-likeness (QED) is 0.546. The van der Waals surface area contributed by atoms with Gasteiger partial charge in [-0.25, -0.2) is 14.8 Å². The van der Waals surface area contributed by atoms with Crippen molar-refractivity contribution in [2.45, 2.75) is 0 Å². The van der Waals surface area contributed by atoms with Gasteiger partial charge in [0.05, 0.1) is 0 Å². The molecule has 2 amide bonds. The second kappa shape index (κ2) is 2.58. The molecule has 6 heteroatoms. The van der Waals surface area contributed by atoms with Crippen LogP contribution in [0, 0.1) is 0 Å². The summed E-state index contributed by atoms with van der Waals surface area (Å²) in [6.07, 6.45) is 1.37. The Kier molecular flexibility index (Phi) is 1.54. The third kappa shape index (κ3) is 1.16. The van der Waals surface area contributed by atoms with Crippen LogP contribution in [0.3, 0.4) is 0 Å². The van der Waals surface area contributed by atoms with Crippen molar-refractivity contribution in [3.05, 3.63) is 17.2 Å². The van der Waals surface area contributed by atoms with Crippen LogP contribution in [0.4, 0.5) is 10.6 Å². The molecule has 0 saturated carbocycles. The van der Waals surface area contributed by atoms with Gasteiger partial charge in [0, 0.05) is 14.1 Å². The zero-order valence-corrected chi connectivity index (χ0v) is 7.22. The maximum Gasteiger partial charge on any atom is 0.369 e. The molecule has 0 fully saturated rings. The Balaban J connectivity index is 2.80. The van der Waals surface area contributed by atoms with Gasteiger partial charge in [0.2, 0.25) is 0 Å². The van der Waals surface area contributed by atoms with E-state index in [0.717, 1.165) is 0 Å². The van der Waals surface area contributed by atoms with Crippen LogP contribution >= 0.6 is 0 Å². The lowest BCUT2D eigenvalue weighted by atomic mass is 10.5. The average molecular weight is 177 g/mol. The van der Waals surface area contributed by atoms with E-state index in [1.807, 2.05) is 14.1 Å². The summed E-state index contributed by atoms with van der Waals surface area (Å²) in [6.45, 7) is 0. The molecular formula is C7H7N5O. The molecule has 1 aromatic rings. The van der Waals surface area contributed by atoms with Gasteiger partial charge in [-0.1, -0.05) is 0 Å². The minimum atomic E-state index is -0.515. The van der Waals surface area contributed by atoms with Gasteiger partial charge in [0.1, 0.15) is 6.33 Å². The molecule has 0 aliphatic carbocycles. The fourth-order valence-electron chi connectivity index (χ4n) is 1.08. The molecule has 2 rings (SSSR count). The number of fused-ring (bicyclic) bond motifs is 1. The number of anilines is 1. The molecule has 6 nitrogen and oxygen atoms in total. The number of aromatic nitrogens is 2. The Morgan fingerprint density at radius 2 is 2.00 bits per heavy atom. The van der Waals surface area contributed by atoms with Crippen LogP contribution in [0.2, 0.25) is 0 Å². The normalized spacial score (nSPS) is 13.2. The molecule has 1 aromatic heterocycles. The average Bonchev–Trinajstić information content (AvgIpc) is 2.43. The van der Waals surface area contributed by atoms with Gasteiger partial charge in [-0.05, 0) is 0 Å². The molecular weight excluding hydrogens is 170 g/mol. The minimum absolute atomic E-state index is 0.351. The van der Waals surface area contributed by atoms with Crippen molar-refractivity contribution in [2.75, 3.05) is 19.0 Å². The second-order valence-electron chi connectivity index (χ2n) is 2.77. The first kappa shape index (κ1) is 7.78. The molecule has 1 aliphatic rings. The monoisotopic (exact) mass is 177 g/mol. The summed E-state index contributed by atoms with van der Waals surface area (Å²) in [4.78, 5) is 27.8. The predicted molar refractivity (Wildman–Crippen MR) is 44.1 cm³/mol. The highest BCUT2D eigenvalue weighted by Crippen LogP contribution is 1.95. The van der Waals surface area contributed by atoms with E-state index in [9.17, 15) is 4.79 Å². The Morgan fingerprint density at radius 1 is 1.23 bits per heavy atom. The SMILES string of the molecule is CN(C)c1ncnc2c1=NC(=O)N=2. The summed E-state index contributed by atoms with van der Waals surface area (Å²) in [5, 5.41) is 0.456. The van der Waals surface area contributed by atoms with E-state index in [4.69, 9.17) is 0 Å². The highest BCUT2D eigenvalue weighted by atomic mass is 16.2. The molecule has 0 N–H and O–H groups in total. The van der Waals surface area contributed by atoms with Gasteiger partial charge >= 0.3 is 6.03 Å². The van der Waals surface area contributed by atoms with Crippen molar-refractivity contribution in [1.29, 1.82) is 0 Å². The van der Waals surface area contributed by atoms with Crippen molar-refractivity contribution in [1.82, 2.24) is 9.97 Å². The lowest BCUT2D eigenvalue weighted by Gasteiger charge is -2.08. The molecule has 0 bridgehead atoms. The first-order valence-electron chi connectivity index (χ1n) is 3.68. The van der Waals surface area contributed by atoms with E-state index in [0.29, 0.717) is 16.7 Å². The third-order valence-electron chi connectivity index (χ3n) is 1.62. The van der Waals surface area contributed by atoms with E-state index >= 15 is 0 Å². The van der Waals surface area contributed by atoms with Crippen LogP contribution in [0.5, 0.6) is 0 Å². The fraction of sp³-hybridized carbons (Fsp3) is 0.286. The first-order valence-corrected chi connectivity index (χ1v) is 3.68. The number of carbonyl (C=O) groups is 1. The van der Waals surface area contributed by atoms with Gasteiger partial charge in [0.15, 0.2) is 16.7 Å². The van der Waals surface area contributed by atoms with E-state index in [1.165, 1.54) is 6.33 Å². The number of rotatable bonds is 1. The Morgan fingerprint density at radius 3 is 2.69 bits per heavy atom. The second-order valence-corrected chi connectivity index (χ2v) is 2.77. The molecule has 0 atom stereocenters. The number of nitrogens with zero attached hydrogens (tertiary/aromatic N) is 5. The third-order valence-corrected chi connectivity index (χ3v) is 1.62. The number of carbonyl (C=O) groups excluding carboxylic acids is 1. The summed E-state index contributed by atoms with van der Waals surface area (Å²) in [7, 11) is 3.64. The number of urea groups is 1. The highest BCUT2D eigenvalue weighted by Gasteiger charge is 2.11. The summed E-state index contributed by atoms with van der Waals surface area (Å²) in [5.41, 5.74) is 0.351. The smallest absolute Gasteiger partial charge is 0.361 e. The Bertz CT molecular complexity index is 478. The molecule has 0 saturated heterocycles. The summed E-state index contributed by atoms with van der Waals surface area (Å²) >= 11 is 0. The standard InChI is InChI=1S/C7H7N5O/c1-12(2)6-4-5(8-3-9-6)11-7(13)10-4/h3H,1-2H3. The molecule has 0 unspecified atom stereocenters. The number of hydrogen-bond acceptors (Lipinski definition) is 4. The van der Waals surface area contributed by atoms with Crippen LogP contribution < -0.4 is 15.7 Å². The van der Waals surface area contributed by atoms with Crippen molar-refractivity contribution < 1.29 is 4.79 Å². The van der Waals surface area contributed by atoms with Crippen LogP contribution in [-0.4, -0.2) is 30.1 Å². The molecule has 0 aromatic carbocycles. The molecule has 13 heavy (non-hydrogen) atoms. The molecule has 66 valence electrons. The summed E-state index contributed by atoms with van der Waals surface area (Å²) in [5.74, 6) is 0.611. The largest absolute Gasteiger partial charge is 0.369 e. The summed E-state index contributed by atoms with van der Waals surface area (Å²) in [6, 6.07) is -0.515.